The molecule has 1 saturated carbocycles. The molecule has 1 saturated heterocycles. The van der Waals surface area contributed by atoms with Crippen LogP contribution in [0.5, 0.6) is 0 Å². The van der Waals surface area contributed by atoms with Crippen molar-refractivity contribution in [2.24, 2.45) is 5.92 Å². The lowest BCUT2D eigenvalue weighted by molar-refractivity contribution is -0.139. The second kappa shape index (κ2) is 8.39. The number of nitrogens with one attached hydrogen (secondary N) is 2. The first-order valence-electron chi connectivity index (χ1n) is 9.50. The number of carbonyl (C=O) groups excluding carboxylic acids is 2. The summed E-state index contributed by atoms with van der Waals surface area (Å²) in [6, 6.07) is 9.20. The number of sulfonamides is 1. The van der Waals surface area contributed by atoms with E-state index in [9.17, 15) is 18.0 Å². The maximum atomic E-state index is 12.2. The first kappa shape index (κ1) is 19.8. The smallest absolute Gasteiger partial charge is 0.309 e. The van der Waals surface area contributed by atoms with Crippen molar-refractivity contribution in [2.75, 3.05) is 19.6 Å². The van der Waals surface area contributed by atoms with Gasteiger partial charge in [-0.2, -0.15) is 0 Å². The van der Waals surface area contributed by atoms with Crippen LogP contribution in [0.15, 0.2) is 30.3 Å². The molecule has 148 valence electrons. The largest absolute Gasteiger partial charge is 0.348 e. The lowest BCUT2D eigenvalue weighted by atomic mass is 9.98. The summed E-state index contributed by atoms with van der Waals surface area (Å²) in [4.78, 5) is 24.1. The first-order valence-corrected chi connectivity index (χ1v) is 11.0. The van der Waals surface area contributed by atoms with Gasteiger partial charge in [-0.25, -0.2) is 12.7 Å². The third-order valence-corrected chi connectivity index (χ3v) is 7.68. The summed E-state index contributed by atoms with van der Waals surface area (Å²) < 4.78 is 26.0. The summed E-state index contributed by atoms with van der Waals surface area (Å²) in [6.07, 6.45) is 2.95. The predicted octanol–water partition coefficient (Wildman–Crippen LogP) is 1.18. The average molecular weight is 394 g/mol. The van der Waals surface area contributed by atoms with E-state index in [1.807, 2.05) is 37.3 Å². The lowest BCUT2D eigenvalue weighted by Gasteiger charge is -2.31. The van der Waals surface area contributed by atoms with Gasteiger partial charge in [-0.3, -0.25) is 9.59 Å². The summed E-state index contributed by atoms with van der Waals surface area (Å²) in [5.74, 6) is -1.11. The van der Waals surface area contributed by atoms with Gasteiger partial charge < -0.3 is 10.6 Å². The summed E-state index contributed by atoms with van der Waals surface area (Å²) in [6.45, 7) is 3.22. The van der Waals surface area contributed by atoms with E-state index in [4.69, 9.17) is 0 Å². The van der Waals surface area contributed by atoms with Crippen LogP contribution in [-0.4, -0.2) is 49.4 Å². The van der Waals surface area contributed by atoms with Crippen molar-refractivity contribution in [1.29, 1.82) is 0 Å². The summed E-state index contributed by atoms with van der Waals surface area (Å²) in [5, 5.41) is 5.19. The van der Waals surface area contributed by atoms with E-state index in [0.717, 1.165) is 18.4 Å². The molecule has 1 aromatic rings. The van der Waals surface area contributed by atoms with Crippen LogP contribution in [0.25, 0.3) is 0 Å². The standard InChI is InChI=1S/C19H27N3O4S/c1-14(16-5-3-2-4-6-16)21-19(24)18(23)20-13-15-9-11-22(12-10-15)27(25,26)17-7-8-17/h2-6,14-15,17H,7-13H2,1H3,(H,20,23)(H,21,24)/t14-/m0/s1. The quantitative estimate of drug-likeness (QED) is 0.710. The zero-order valence-corrected chi connectivity index (χ0v) is 16.4. The van der Waals surface area contributed by atoms with Gasteiger partial charge in [0.15, 0.2) is 0 Å². The molecule has 2 amide bonds. The minimum absolute atomic E-state index is 0.177. The molecule has 1 aromatic carbocycles. The molecule has 2 N–H and O–H groups in total. The second-order valence-corrected chi connectivity index (χ2v) is 9.62. The fraction of sp³-hybridized carbons (Fsp3) is 0.579. The van der Waals surface area contributed by atoms with Gasteiger partial charge in [-0.1, -0.05) is 30.3 Å². The molecule has 8 heteroatoms. The highest BCUT2D eigenvalue weighted by molar-refractivity contribution is 7.90. The number of piperidine rings is 1. The fourth-order valence-electron chi connectivity index (χ4n) is 3.35. The van der Waals surface area contributed by atoms with Crippen molar-refractivity contribution in [3.8, 4) is 0 Å². The Balaban J connectivity index is 1.40. The Kier molecular flexibility index (Phi) is 6.16. The van der Waals surface area contributed by atoms with Crippen LogP contribution in [-0.2, 0) is 19.6 Å². The Morgan fingerprint density at radius 2 is 1.70 bits per heavy atom. The number of nitrogens with zero attached hydrogens (tertiary/aromatic N) is 1. The molecule has 1 heterocycles. The molecule has 1 aliphatic carbocycles. The highest BCUT2D eigenvalue weighted by Crippen LogP contribution is 2.33. The van der Waals surface area contributed by atoms with Crippen LogP contribution in [0, 0.1) is 5.92 Å². The molecule has 0 aromatic heterocycles. The van der Waals surface area contributed by atoms with Gasteiger partial charge in [0.1, 0.15) is 0 Å². The Labute approximate surface area is 160 Å². The van der Waals surface area contributed by atoms with E-state index in [0.29, 0.717) is 32.5 Å². The van der Waals surface area contributed by atoms with Crippen molar-refractivity contribution < 1.29 is 18.0 Å². The van der Waals surface area contributed by atoms with Crippen molar-refractivity contribution in [3.63, 3.8) is 0 Å². The van der Waals surface area contributed by atoms with Crippen LogP contribution in [0.3, 0.4) is 0 Å². The number of hydrogen-bond acceptors (Lipinski definition) is 4. The topological polar surface area (TPSA) is 95.6 Å². The Morgan fingerprint density at radius 1 is 1.07 bits per heavy atom. The van der Waals surface area contributed by atoms with E-state index < -0.39 is 21.8 Å². The monoisotopic (exact) mass is 393 g/mol. The van der Waals surface area contributed by atoms with Crippen LogP contribution in [0.2, 0.25) is 0 Å². The molecular weight excluding hydrogens is 366 g/mol. The molecule has 0 spiro atoms. The Morgan fingerprint density at radius 3 is 2.30 bits per heavy atom. The summed E-state index contributed by atoms with van der Waals surface area (Å²) in [5.41, 5.74) is 0.933. The molecule has 1 atom stereocenters. The number of benzene rings is 1. The van der Waals surface area contributed by atoms with Crippen molar-refractivity contribution >= 4 is 21.8 Å². The molecule has 2 aliphatic rings. The van der Waals surface area contributed by atoms with E-state index in [1.54, 1.807) is 4.31 Å². The van der Waals surface area contributed by atoms with Crippen LogP contribution < -0.4 is 10.6 Å². The highest BCUT2D eigenvalue weighted by Gasteiger charge is 2.41. The van der Waals surface area contributed by atoms with Crippen LogP contribution in [0.1, 0.15) is 44.2 Å². The second-order valence-electron chi connectivity index (χ2n) is 7.40. The lowest BCUT2D eigenvalue weighted by Crippen LogP contribution is -2.45. The highest BCUT2D eigenvalue weighted by atomic mass is 32.2. The van der Waals surface area contributed by atoms with Gasteiger partial charge in [-0.05, 0) is 44.1 Å². The van der Waals surface area contributed by atoms with E-state index >= 15 is 0 Å². The number of amides is 2. The van der Waals surface area contributed by atoms with Crippen molar-refractivity contribution in [3.05, 3.63) is 35.9 Å². The maximum Gasteiger partial charge on any atom is 0.309 e. The third kappa shape index (κ3) is 5.07. The number of hydrogen-bond donors (Lipinski definition) is 2. The fourth-order valence-corrected chi connectivity index (χ4v) is 5.22. The molecular formula is C19H27N3O4S. The van der Waals surface area contributed by atoms with Gasteiger partial charge in [0, 0.05) is 19.6 Å². The van der Waals surface area contributed by atoms with Crippen molar-refractivity contribution in [2.45, 2.75) is 43.9 Å². The van der Waals surface area contributed by atoms with Gasteiger partial charge in [0.05, 0.1) is 11.3 Å². The number of carbonyl (C=O) groups is 2. The molecule has 27 heavy (non-hydrogen) atoms. The van der Waals surface area contributed by atoms with Crippen LogP contribution >= 0.6 is 0 Å². The molecule has 0 unspecified atom stereocenters. The minimum Gasteiger partial charge on any atom is -0.348 e. The van der Waals surface area contributed by atoms with Gasteiger partial charge in [0.25, 0.3) is 0 Å². The van der Waals surface area contributed by atoms with Gasteiger partial charge in [0.2, 0.25) is 10.0 Å². The zero-order chi connectivity index (χ0) is 19.4. The molecule has 7 nitrogen and oxygen atoms in total. The Bertz CT molecular complexity index is 769. The summed E-state index contributed by atoms with van der Waals surface area (Å²) >= 11 is 0. The van der Waals surface area contributed by atoms with Crippen LogP contribution in [0.4, 0.5) is 0 Å². The van der Waals surface area contributed by atoms with Gasteiger partial charge >= 0.3 is 11.8 Å². The molecule has 2 fully saturated rings. The number of rotatable bonds is 6. The molecule has 0 radical (unpaired) electrons. The minimum atomic E-state index is -3.11. The van der Waals surface area contributed by atoms with E-state index in [1.165, 1.54) is 0 Å². The predicted molar refractivity (Wildman–Crippen MR) is 102 cm³/mol. The van der Waals surface area contributed by atoms with E-state index in [2.05, 4.69) is 10.6 Å². The molecule has 0 bridgehead atoms. The summed E-state index contributed by atoms with van der Waals surface area (Å²) in [7, 11) is -3.11. The Hall–Kier alpha value is -1.93. The molecule has 3 rings (SSSR count). The zero-order valence-electron chi connectivity index (χ0n) is 15.6. The third-order valence-electron chi connectivity index (χ3n) is 5.28. The van der Waals surface area contributed by atoms with Crippen molar-refractivity contribution in [1.82, 2.24) is 14.9 Å². The average Bonchev–Trinajstić information content (AvgIpc) is 3.53. The van der Waals surface area contributed by atoms with Gasteiger partial charge in [-0.15, -0.1) is 0 Å². The molecule has 1 aliphatic heterocycles. The normalized spacial score (nSPS) is 20.0. The SMILES string of the molecule is C[C@H](NC(=O)C(=O)NCC1CCN(S(=O)(=O)C2CC2)CC1)c1ccccc1. The van der Waals surface area contributed by atoms with E-state index in [-0.39, 0.29) is 17.2 Å². The maximum absolute atomic E-state index is 12.2. The first-order chi connectivity index (χ1) is 12.9.